The summed E-state index contributed by atoms with van der Waals surface area (Å²) in [6.07, 6.45) is 4.77. The molecule has 3 aromatic carbocycles. The highest BCUT2D eigenvalue weighted by Crippen LogP contribution is 2.31. The van der Waals surface area contributed by atoms with Gasteiger partial charge in [0.05, 0.1) is 17.1 Å². The molecule has 1 fully saturated rings. The van der Waals surface area contributed by atoms with Crippen molar-refractivity contribution in [2.45, 2.75) is 44.0 Å². The number of carbonyl (C=O) groups excluding carboxylic acids is 1. The average molecular weight is 540 g/mol. The van der Waals surface area contributed by atoms with E-state index >= 15 is 0 Å². The number of nitrogens with one attached hydrogen (secondary N) is 1. The second-order valence-corrected chi connectivity index (χ2v) is 11.8. The molecule has 0 atom stereocenters. The summed E-state index contributed by atoms with van der Waals surface area (Å²) in [5.41, 5.74) is 2.63. The van der Waals surface area contributed by atoms with Crippen LogP contribution in [0.4, 0.5) is 5.69 Å². The number of benzene rings is 3. The highest BCUT2D eigenvalue weighted by atomic mass is 35.5. The Bertz CT molecular complexity index is 1290. The summed E-state index contributed by atoms with van der Waals surface area (Å²) in [4.78, 5) is 15.3. The Balaban J connectivity index is 1.46. The minimum absolute atomic E-state index is 0.107. The maximum atomic E-state index is 13.7. The van der Waals surface area contributed by atoms with Crippen molar-refractivity contribution < 1.29 is 13.2 Å². The van der Waals surface area contributed by atoms with Gasteiger partial charge in [0.2, 0.25) is 0 Å². The van der Waals surface area contributed by atoms with E-state index in [0.29, 0.717) is 22.8 Å². The Morgan fingerprint density at radius 2 is 1.68 bits per heavy atom. The van der Waals surface area contributed by atoms with Crippen LogP contribution in [-0.2, 0) is 16.6 Å². The second-order valence-electron chi connectivity index (χ2n) is 9.46. The van der Waals surface area contributed by atoms with E-state index in [2.05, 4.69) is 10.2 Å². The van der Waals surface area contributed by atoms with Crippen molar-refractivity contribution in [2.75, 3.05) is 30.5 Å². The fraction of sp³-hybridized carbons (Fsp3) is 0.345. The lowest BCUT2D eigenvalue weighted by atomic mass is 10.1. The van der Waals surface area contributed by atoms with Crippen LogP contribution in [0.1, 0.15) is 47.2 Å². The van der Waals surface area contributed by atoms with Gasteiger partial charge in [-0.1, -0.05) is 54.4 Å². The minimum Gasteiger partial charge on any atom is -0.352 e. The summed E-state index contributed by atoms with van der Waals surface area (Å²) >= 11 is 6.24. The van der Waals surface area contributed by atoms with Crippen LogP contribution in [-0.4, -0.2) is 45.4 Å². The number of nitrogens with zero attached hydrogens (tertiary/aromatic N) is 2. The maximum Gasteiger partial charge on any atom is 0.264 e. The van der Waals surface area contributed by atoms with Crippen LogP contribution in [0.15, 0.2) is 77.7 Å². The van der Waals surface area contributed by atoms with Crippen LogP contribution in [0.25, 0.3) is 0 Å². The monoisotopic (exact) mass is 539 g/mol. The Hall–Kier alpha value is -2.87. The molecule has 8 heteroatoms. The van der Waals surface area contributed by atoms with Crippen LogP contribution in [0.2, 0.25) is 5.02 Å². The molecule has 196 valence electrons. The number of sulfonamides is 1. The van der Waals surface area contributed by atoms with Gasteiger partial charge in [0.25, 0.3) is 15.9 Å². The first-order valence-electron chi connectivity index (χ1n) is 12.8. The van der Waals surface area contributed by atoms with Crippen LogP contribution in [0.3, 0.4) is 0 Å². The van der Waals surface area contributed by atoms with E-state index in [0.717, 1.165) is 37.2 Å². The SMILES string of the molecule is Cc1ccc(Cl)cc1N(Cc1ccc(C(=O)NCCCN2CCCCC2)cc1)S(=O)(=O)c1ccccc1. The van der Waals surface area contributed by atoms with E-state index in [-0.39, 0.29) is 17.3 Å². The van der Waals surface area contributed by atoms with Crippen LogP contribution < -0.4 is 9.62 Å². The molecular weight excluding hydrogens is 506 g/mol. The van der Waals surface area contributed by atoms with Crippen molar-refractivity contribution in [3.05, 3.63) is 94.5 Å². The summed E-state index contributed by atoms with van der Waals surface area (Å²) in [6, 6.07) is 20.7. The third kappa shape index (κ3) is 7.12. The summed E-state index contributed by atoms with van der Waals surface area (Å²) in [7, 11) is -3.85. The molecule has 0 bridgehead atoms. The van der Waals surface area contributed by atoms with Crippen molar-refractivity contribution in [1.82, 2.24) is 10.2 Å². The molecule has 1 N–H and O–H groups in total. The zero-order valence-electron chi connectivity index (χ0n) is 21.2. The number of piperidine rings is 1. The molecule has 0 aliphatic carbocycles. The van der Waals surface area contributed by atoms with Crippen molar-refractivity contribution in [3.8, 4) is 0 Å². The normalized spacial score (nSPS) is 14.3. The molecule has 3 aromatic rings. The minimum atomic E-state index is -3.85. The van der Waals surface area contributed by atoms with Gasteiger partial charge < -0.3 is 10.2 Å². The molecule has 0 aromatic heterocycles. The van der Waals surface area contributed by atoms with Gasteiger partial charge in [0.15, 0.2) is 0 Å². The molecule has 4 rings (SSSR count). The van der Waals surface area contributed by atoms with E-state index in [9.17, 15) is 13.2 Å². The largest absolute Gasteiger partial charge is 0.352 e. The zero-order valence-corrected chi connectivity index (χ0v) is 22.8. The van der Waals surface area contributed by atoms with Crippen LogP contribution in [0, 0.1) is 6.92 Å². The smallest absolute Gasteiger partial charge is 0.264 e. The Morgan fingerprint density at radius 3 is 2.38 bits per heavy atom. The van der Waals surface area contributed by atoms with Crippen LogP contribution in [0.5, 0.6) is 0 Å². The fourth-order valence-electron chi connectivity index (χ4n) is 4.59. The molecule has 0 radical (unpaired) electrons. The van der Waals surface area contributed by atoms with Gasteiger partial charge in [-0.3, -0.25) is 9.10 Å². The van der Waals surface area contributed by atoms with Gasteiger partial charge in [-0.15, -0.1) is 0 Å². The molecule has 6 nitrogen and oxygen atoms in total. The lowest BCUT2D eigenvalue weighted by Gasteiger charge is -2.26. The fourth-order valence-corrected chi connectivity index (χ4v) is 6.28. The number of anilines is 1. The number of hydrogen-bond acceptors (Lipinski definition) is 4. The summed E-state index contributed by atoms with van der Waals surface area (Å²) in [6.45, 7) is 5.92. The van der Waals surface area contributed by atoms with E-state index in [1.54, 1.807) is 66.7 Å². The van der Waals surface area contributed by atoms with Gasteiger partial charge in [-0.2, -0.15) is 0 Å². The highest BCUT2D eigenvalue weighted by molar-refractivity contribution is 7.92. The number of likely N-dealkylation sites (tertiary alicyclic amines) is 1. The Kier molecular flexibility index (Phi) is 9.24. The first-order valence-corrected chi connectivity index (χ1v) is 14.6. The Labute approximate surface area is 225 Å². The molecular formula is C29H34ClN3O3S. The predicted octanol–water partition coefficient (Wildman–Crippen LogP) is 5.65. The number of rotatable bonds is 10. The molecule has 1 aliphatic rings. The standard InChI is InChI=1S/C29H34ClN3O3S/c1-23-11-16-26(30)21-28(23)33(37(35,36)27-9-4-2-5-10-27)22-24-12-14-25(15-13-24)29(34)31-17-8-20-32-18-6-3-7-19-32/h2,4-5,9-16,21H,3,6-8,17-20,22H2,1H3,(H,31,34). The first kappa shape index (κ1) is 27.2. The summed E-state index contributed by atoms with van der Waals surface area (Å²) < 4.78 is 28.7. The van der Waals surface area contributed by atoms with Crippen molar-refractivity contribution >= 4 is 33.2 Å². The second kappa shape index (κ2) is 12.6. The molecule has 37 heavy (non-hydrogen) atoms. The van der Waals surface area contributed by atoms with E-state index in [1.807, 2.05) is 13.0 Å². The molecule has 1 saturated heterocycles. The molecule has 1 amide bonds. The maximum absolute atomic E-state index is 13.7. The van der Waals surface area contributed by atoms with Gasteiger partial charge in [-0.25, -0.2) is 8.42 Å². The number of halogens is 1. The number of carbonyl (C=O) groups is 1. The molecule has 0 spiro atoms. The Morgan fingerprint density at radius 1 is 0.973 bits per heavy atom. The number of aryl methyl sites for hydroxylation is 1. The van der Waals surface area contributed by atoms with Crippen molar-refractivity contribution in [1.29, 1.82) is 0 Å². The summed E-state index contributed by atoms with van der Waals surface area (Å²) in [5, 5.41) is 3.46. The van der Waals surface area contributed by atoms with Crippen molar-refractivity contribution in [3.63, 3.8) is 0 Å². The van der Waals surface area contributed by atoms with Crippen LogP contribution >= 0.6 is 11.6 Å². The summed E-state index contributed by atoms with van der Waals surface area (Å²) in [5.74, 6) is -0.121. The quantitative estimate of drug-likeness (QED) is 0.338. The molecule has 0 unspecified atom stereocenters. The van der Waals surface area contributed by atoms with E-state index in [4.69, 9.17) is 11.6 Å². The van der Waals surface area contributed by atoms with Gasteiger partial charge in [0, 0.05) is 17.1 Å². The van der Waals surface area contributed by atoms with E-state index < -0.39 is 10.0 Å². The van der Waals surface area contributed by atoms with Crippen molar-refractivity contribution in [2.24, 2.45) is 0 Å². The van der Waals surface area contributed by atoms with E-state index in [1.165, 1.54) is 23.6 Å². The molecule has 1 aliphatic heterocycles. The topological polar surface area (TPSA) is 69.7 Å². The lowest BCUT2D eigenvalue weighted by Crippen LogP contribution is -2.33. The third-order valence-corrected chi connectivity index (χ3v) is 8.71. The number of hydrogen-bond donors (Lipinski definition) is 1. The predicted molar refractivity (Wildman–Crippen MR) is 150 cm³/mol. The first-order chi connectivity index (χ1) is 17.8. The number of amides is 1. The average Bonchev–Trinajstić information content (AvgIpc) is 2.92. The highest BCUT2D eigenvalue weighted by Gasteiger charge is 2.26. The lowest BCUT2D eigenvalue weighted by molar-refractivity contribution is 0.0951. The molecule has 1 heterocycles. The zero-order chi connectivity index (χ0) is 26.3. The van der Waals surface area contributed by atoms with Gasteiger partial charge in [0.1, 0.15) is 0 Å². The third-order valence-electron chi connectivity index (χ3n) is 6.70. The molecule has 0 saturated carbocycles. The van der Waals surface area contributed by atoms with Gasteiger partial charge >= 0.3 is 0 Å². The van der Waals surface area contributed by atoms with Gasteiger partial charge in [-0.05, 0) is 93.3 Å².